The van der Waals surface area contributed by atoms with Crippen LogP contribution in [0.1, 0.15) is 23.6 Å². The zero-order valence-corrected chi connectivity index (χ0v) is 14.5. The van der Waals surface area contributed by atoms with Crippen LogP contribution >= 0.6 is 0 Å². The van der Waals surface area contributed by atoms with Crippen LogP contribution in [0.5, 0.6) is 0 Å². The van der Waals surface area contributed by atoms with Crippen molar-refractivity contribution >= 4 is 10.1 Å². The van der Waals surface area contributed by atoms with Gasteiger partial charge in [0.1, 0.15) is 10.1 Å². The van der Waals surface area contributed by atoms with Crippen molar-refractivity contribution in [1.82, 2.24) is 0 Å². The van der Waals surface area contributed by atoms with Gasteiger partial charge in [0.05, 0.1) is 4.90 Å². The van der Waals surface area contributed by atoms with Crippen LogP contribution in [0.3, 0.4) is 0 Å². The second-order valence-corrected chi connectivity index (χ2v) is 5.87. The van der Waals surface area contributed by atoms with Gasteiger partial charge in [0.2, 0.25) is 0 Å². The number of rotatable bonds is 2. The summed E-state index contributed by atoms with van der Waals surface area (Å²) in [6.07, 6.45) is 0.868. The molecule has 3 nitrogen and oxygen atoms in total. The Balaban J connectivity index is 0.00000180. The summed E-state index contributed by atoms with van der Waals surface area (Å²) in [7, 11) is -4.43. The fraction of sp³-hybridized carbons (Fsp3) is 0.286. The van der Waals surface area contributed by atoms with Crippen LogP contribution in [-0.2, 0) is 16.5 Å². The molecule has 0 aromatic rings. The van der Waals surface area contributed by atoms with Gasteiger partial charge < -0.3 is 4.55 Å². The van der Waals surface area contributed by atoms with Gasteiger partial charge in [-0.15, -0.1) is 0 Å². The van der Waals surface area contributed by atoms with Crippen LogP contribution < -0.4 is 29.6 Å². The molecule has 0 heterocycles. The molecule has 0 unspecified atom stereocenters. The average Bonchev–Trinajstić information content (AvgIpc) is 2.51. The van der Waals surface area contributed by atoms with Gasteiger partial charge in [0.15, 0.2) is 0 Å². The van der Waals surface area contributed by atoms with Crippen molar-refractivity contribution in [2.75, 3.05) is 0 Å². The molecule has 2 rings (SSSR count). The Morgan fingerprint density at radius 3 is 2.26 bits per heavy atom. The van der Waals surface area contributed by atoms with Gasteiger partial charge in [-0.05, 0) is 48.6 Å². The van der Waals surface area contributed by atoms with E-state index in [1.54, 1.807) is 0 Å². The minimum absolute atomic E-state index is 0. The summed E-state index contributed by atoms with van der Waals surface area (Å²) in [6.45, 7) is 5.70. The molecule has 0 aliphatic heterocycles. The van der Waals surface area contributed by atoms with E-state index in [9.17, 15) is 13.0 Å². The van der Waals surface area contributed by atoms with Gasteiger partial charge in [-0.25, -0.2) is 8.42 Å². The third-order valence-electron chi connectivity index (χ3n) is 3.24. The van der Waals surface area contributed by atoms with Crippen molar-refractivity contribution in [2.45, 2.75) is 32.1 Å². The minimum atomic E-state index is -4.43. The first kappa shape index (κ1) is 16.7. The zero-order valence-electron chi connectivity index (χ0n) is 11.6. The minimum Gasteiger partial charge on any atom is -0.744 e. The van der Waals surface area contributed by atoms with E-state index in [0.29, 0.717) is 5.56 Å². The molecule has 0 saturated carbocycles. The van der Waals surface area contributed by atoms with Crippen molar-refractivity contribution in [3.8, 4) is 11.1 Å². The summed E-state index contributed by atoms with van der Waals surface area (Å²) in [5.41, 5.74) is 4.17. The predicted octanol–water partition coefficient (Wildman–Crippen LogP) is -0.121. The third kappa shape index (κ3) is 3.20. The Bertz CT molecular complexity index is 678. The number of hydrogen-bond donors (Lipinski definition) is 0. The summed E-state index contributed by atoms with van der Waals surface area (Å²) in [5, 5.41) is 0. The normalized spacial score (nSPS) is 11.4. The topological polar surface area (TPSA) is 57.2 Å². The predicted molar refractivity (Wildman–Crippen MR) is 69.9 cm³/mol. The molecule has 0 amide bonds. The molecule has 0 atom stereocenters. The largest absolute Gasteiger partial charge is 1.00 e. The summed E-state index contributed by atoms with van der Waals surface area (Å²) in [6, 6.07) is 7.27. The van der Waals surface area contributed by atoms with Gasteiger partial charge >= 0.3 is 29.6 Å². The number of hydrogen-bond acceptors (Lipinski definition) is 3. The molecule has 0 fully saturated rings. The molecule has 0 spiro atoms. The molecule has 0 aromatic carbocycles. The van der Waals surface area contributed by atoms with E-state index in [2.05, 4.69) is 0 Å². The maximum Gasteiger partial charge on any atom is 1.00 e. The van der Waals surface area contributed by atoms with Crippen LogP contribution in [0.15, 0.2) is 29.2 Å². The van der Waals surface area contributed by atoms with E-state index in [4.69, 9.17) is 0 Å². The van der Waals surface area contributed by atoms with E-state index in [-0.39, 0.29) is 34.5 Å². The van der Waals surface area contributed by atoms with Crippen LogP contribution in [-0.4, -0.2) is 13.0 Å². The van der Waals surface area contributed by atoms with Gasteiger partial charge in [0.25, 0.3) is 0 Å². The Kier molecular flexibility index (Phi) is 5.21. The molecule has 2 aliphatic rings. The summed E-state index contributed by atoms with van der Waals surface area (Å²) < 4.78 is 33.9. The SMILES string of the molecule is CCc1ccc(C)c2c(S(=O)(=O)[O-])cc(C)c-2c1.[Na+]. The van der Waals surface area contributed by atoms with Crippen molar-refractivity contribution in [3.05, 3.63) is 41.0 Å². The molecule has 96 valence electrons. The summed E-state index contributed by atoms with van der Waals surface area (Å²) in [5.74, 6) is 0. The molecule has 0 aromatic heterocycles. The maximum absolute atomic E-state index is 11.3. The Morgan fingerprint density at radius 2 is 1.74 bits per heavy atom. The van der Waals surface area contributed by atoms with Crippen molar-refractivity contribution in [2.24, 2.45) is 0 Å². The summed E-state index contributed by atoms with van der Waals surface area (Å²) >= 11 is 0. The molecular weight excluding hydrogens is 271 g/mol. The first-order chi connectivity index (χ1) is 8.34. The third-order valence-corrected chi connectivity index (χ3v) is 4.10. The monoisotopic (exact) mass is 286 g/mol. The Morgan fingerprint density at radius 1 is 1.11 bits per heavy atom. The molecule has 5 heteroatoms. The van der Waals surface area contributed by atoms with Crippen molar-refractivity contribution in [1.29, 1.82) is 0 Å². The fourth-order valence-electron chi connectivity index (χ4n) is 2.24. The Labute approximate surface area is 136 Å². The summed E-state index contributed by atoms with van der Waals surface area (Å²) in [4.78, 5) is -0.106. The first-order valence-corrected chi connectivity index (χ1v) is 7.24. The molecule has 19 heavy (non-hydrogen) atoms. The number of fused-ring (bicyclic) bond motifs is 1. The van der Waals surface area contributed by atoms with Crippen LogP contribution in [0.25, 0.3) is 11.1 Å². The maximum atomic E-state index is 11.3. The average molecular weight is 286 g/mol. The zero-order chi connectivity index (χ0) is 13.5. The molecule has 0 saturated heterocycles. The van der Waals surface area contributed by atoms with Gasteiger partial charge in [-0.1, -0.05) is 25.1 Å². The molecule has 2 aliphatic carbocycles. The van der Waals surface area contributed by atoms with Crippen molar-refractivity contribution < 1.29 is 42.5 Å². The Hall–Kier alpha value is -0.390. The van der Waals surface area contributed by atoms with E-state index >= 15 is 0 Å². The van der Waals surface area contributed by atoms with E-state index < -0.39 is 10.1 Å². The molecular formula is C14H15NaO3S. The van der Waals surface area contributed by atoms with E-state index in [1.165, 1.54) is 6.07 Å². The van der Waals surface area contributed by atoms with Gasteiger partial charge in [-0.2, -0.15) is 0 Å². The van der Waals surface area contributed by atoms with Crippen LogP contribution in [0, 0.1) is 13.8 Å². The van der Waals surface area contributed by atoms with Gasteiger partial charge in [-0.3, -0.25) is 0 Å². The fourth-order valence-corrected chi connectivity index (χ4v) is 3.08. The molecule has 0 radical (unpaired) electrons. The second-order valence-electron chi connectivity index (χ2n) is 4.52. The quantitative estimate of drug-likeness (QED) is 0.571. The van der Waals surface area contributed by atoms with Crippen molar-refractivity contribution in [3.63, 3.8) is 0 Å². The van der Waals surface area contributed by atoms with Crippen LogP contribution in [0.2, 0.25) is 0 Å². The molecule has 0 N–H and O–H groups in total. The van der Waals surface area contributed by atoms with Gasteiger partial charge in [0, 0.05) is 5.56 Å². The number of aryl methyl sites for hydroxylation is 3. The van der Waals surface area contributed by atoms with Crippen LogP contribution in [0.4, 0.5) is 0 Å². The first-order valence-electron chi connectivity index (χ1n) is 5.83. The molecule has 0 bridgehead atoms. The smallest absolute Gasteiger partial charge is 0.744 e. The standard InChI is InChI=1S/C14H16O3S.Na/c1-4-11-6-5-9(2)14-12(8-11)10(3)7-13(14)18(15,16)17;/h5-8H,4H2,1-3H3,(H,15,16,17);/q;+1/p-1. The van der Waals surface area contributed by atoms with E-state index in [0.717, 1.165) is 28.7 Å². The second kappa shape index (κ2) is 5.94. The van der Waals surface area contributed by atoms with E-state index in [1.807, 2.05) is 39.0 Å².